The molecule has 0 saturated carbocycles. The molecule has 0 radical (unpaired) electrons. The van der Waals surface area contributed by atoms with E-state index in [4.69, 9.17) is 21.4 Å². The van der Waals surface area contributed by atoms with Gasteiger partial charge in [0, 0.05) is 30.5 Å². The number of rotatable bonds is 10. The number of halogens is 1. The summed E-state index contributed by atoms with van der Waals surface area (Å²) in [6.45, 7) is -0.320. The number of aromatic nitrogens is 2. The van der Waals surface area contributed by atoms with Crippen molar-refractivity contribution in [2.75, 3.05) is 6.61 Å². The second-order valence-electron chi connectivity index (χ2n) is 7.67. The first-order valence-electron chi connectivity index (χ1n) is 10.6. The zero-order valence-corrected chi connectivity index (χ0v) is 20.1. The lowest BCUT2D eigenvalue weighted by atomic mass is 10.2. The predicted molar refractivity (Wildman–Crippen MR) is 131 cm³/mol. The molecular weight excluding hydrogens is 490 g/mol. The summed E-state index contributed by atoms with van der Waals surface area (Å²) in [4.78, 5) is 10.9. The van der Waals surface area contributed by atoms with Gasteiger partial charge in [0.2, 0.25) is 10.0 Å². The van der Waals surface area contributed by atoms with Crippen LogP contribution in [0.2, 0.25) is 5.02 Å². The van der Waals surface area contributed by atoms with Crippen molar-refractivity contribution in [3.63, 3.8) is 0 Å². The highest BCUT2D eigenvalue weighted by molar-refractivity contribution is 7.89. The van der Waals surface area contributed by atoms with Gasteiger partial charge in [0.25, 0.3) is 0 Å². The van der Waals surface area contributed by atoms with Crippen LogP contribution >= 0.6 is 11.6 Å². The molecule has 35 heavy (non-hydrogen) atoms. The minimum Gasteiger partial charge on any atom is -0.482 e. The fraction of sp³-hybridized carbons (Fsp3) is 0.120. The van der Waals surface area contributed by atoms with Gasteiger partial charge in [-0.2, -0.15) is 9.40 Å². The number of nitrogens with zero attached hydrogens (tertiary/aromatic N) is 3. The third kappa shape index (κ3) is 6.27. The maximum Gasteiger partial charge on any atom is 0.341 e. The highest BCUT2D eigenvalue weighted by Crippen LogP contribution is 2.24. The van der Waals surface area contributed by atoms with Crippen LogP contribution in [0.3, 0.4) is 0 Å². The lowest BCUT2D eigenvalue weighted by Crippen LogP contribution is -2.30. The van der Waals surface area contributed by atoms with E-state index in [0.29, 0.717) is 16.3 Å². The predicted octanol–water partition coefficient (Wildman–Crippen LogP) is 4.38. The first-order valence-corrected chi connectivity index (χ1v) is 12.4. The largest absolute Gasteiger partial charge is 0.482 e. The zero-order chi connectivity index (χ0) is 24.8. The van der Waals surface area contributed by atoms with Crippen LogP contribution in [0.1, 0.15) is 11.1 Å². The molecule has 8 nitrogen and oxygen atoms in total. The van der Waals surface area contributed by atoms with Crippen molar-refractivity contribution in [2.24, 2.45) is 0 Å². The molecule has 0 spiro atoms. The molecule has 3 aromatic carbocycles. The number of aliphatic carboxylic acids is 1. The van der Waals surface area contributed by atoms with Crippen LogP contribution in [0.15, 0.2) is 96.2 Å². The number of sulfonamides is 1. The molecule has 1 N–H and O–H groups in total. The number of hydrogen-bond acceptors (Lipinski definition) is 5. The summed E-state index contributed by atoms with van der Waals surface area (Å²) in [5.41, 5.74) is 2.30. The van der Waals surface area contributed by atoms with E-state index < -0.39 is 22.6 Å². The van der Waals surface area contributed by atoms with Gasteiger partial charge >= 0.3 is 5.97 Å². The van der Waals surface area contributed by atoms with Gasteiger partial charge in [-0.25, -0.2) is 17.9 Å². The van der Waals surface area contributed by atoms with Crippen LogP contribution in [-0.2, 0) is 27.9 Å². The van der Waals surface area contributed by atoms with Gasteiger partial charge in [0.15, 0.2) is 6.61 Å². The molecular formula is C25H22ClN3O5S. The lowest BCUT2D eigenvalue weighted by Gasteiger charge is -2.23. The Hall–Kier alpha value is -3.66. The van der Waals surface area contributed by atoms with Gasteiger partial charge in [0.1, 0.15) is 5.75 Å². The second-order valence-corrected chi connectivity index (χ2v) is 10.0. The minimum atomic E-state index is -3.88. The fourth-order valence-electron chi connectivity index (χ4n) is 3.44. The standard InChI is InChI=1S/C25H22ClN3O5S/c26-21-7-11-24(12-8-21)35(32,33)28(17-20-3-1-4-23(15-20)34-18-25(30)31)16-19-5-9-22(10-6-19)29-14-2-13-27-29/h1-15H,16-18H2,(H,30,31). The molecule has 0 aliphatic carbocycles. The second kappa shape index (κ2) is 10.7. The quantitative estimate of drug-likeness (QED) is 0.339. The van der Waals surface area contributed by atoms with Crippen molar-refractivity contribution in [1.29, 1.82) is 0 Å². The molecule has 0 aliphatic rings. The molecule has 1 aromatic heterocycles. The third-order valence-corrected chi connectivity index (χ3v) is 7.19. The van der Waals surface area contributed by atoms with E-state index in [1.54, 1.807) is 35.1 Å². The highest BCUT2D eigenvalue weighted by Gasteiger charge is 2.25. The average molecular weight is 512 g/mol. The average Bonchev–Trinajstić information content (AvgIpc) is 3.38. The van der Waals surface area contributed by atoms with Gasteiger partial charge in [-0.1, -0.05) is 35.9 Å². The molecule has 0 atom stereocenters. The smallest absolute Gasteiger partial charge is 0.341 e. The Kier molecular flexibility index (Phi) is 7.50. The fourth-order valence-corrected chi connectivity index (χ4v) is 4.99. The SMILES string of the molecule is O=C(O)COc1cccc(CN(Cc2ccc(-n3cccn3)cc2)S(=O)(=O)c2ccc(Cl)cc2)c1. The van der Waals surface area contributed by atoms with E-state index in [0.717, 1.165) is 11.3 Å². The molecule has 180 valence electrons. The number of hydrogen-bond donors (Lipinski definition) is 1. The summed E-state index contributed by atoms with van der Waals surface area (Å²) < 4.78 is 35.5. The van der Waals surface area contributed by atoms with Crippen LogP contribution in [0.25, 0.3) is 5.69 Å². The summed E-state index contributed by atoms with van der Waals surface area (Å²) in [5.74, 6) is -0.752. The topological polar surface area (TPSA) is 102 Å². The molecule has 0 aliphatic heterocycles. The van der Waals surface area contributed by atoms with Crippen molar-refractivity contribution in [1.82, 2.24) is 14.1 Å². The molecule has 1 heterocycles. The molecule has 0 amide bonds. The van der Waals surface area contributed by atoms with E-state index >= 15 is 0 Å². The number of carbonyl (C=O) groups is 1. The molecule has 4 aromatic rings. The van der Waals surface area contributed by atoms with E-state index in [1.165, 1.54) is 28.6 Å². The maximum absolute atomic E-state index is 13.6. The number of ether oxygens (including phenoxy) is 1. The summed E-state index contributed by atoms with van der Waals surface area (Å²) >= 11 is 5.96. The zero-order valence-electron chi connectivity index (χ0n) is 18.5. The summed E-state index contributed by atoms with van der Waals surface area (Å²) in [5, 5.41) is 13.5. The van der Waals surface area contributed by atoms with Crippen LogP contribution in [-0.4, -0.2) is 40.2 Å². The van der Waals surface area contributed by atoms with E-state index in [-0.39, 0.29) is 18.0 Å². The molecule has 0 bridgehead atoms. The third-order valence-electron chi connectivity index (χ3n) is 5.14. The monoisotopic (exact) mass is 511 g/mol. The molecule has 0 fully saturated rings. The molecule has 0 unspecified atom stereocenters. The Balaban J connectivity index is 1.62. The molecule has 0 saturated heterocycles. The van der Waals surface area contributed by atoms with Crippen molar-refractivity contribution in [3.8, 4) is 11.4 Å². The lowest BCUT2D eigenvalue weighted by molar-refractivity contribution is -0.139. The Bertz CT molecular complexity index is 1390. The van der Waals surface area contributed by atoms with E-state index in [1.807, 2.05) is 36.5 Å². The van der Waals surface area contributed by atoms with Crippen molar-refractivity contribution >= 4 is 27.6 Å². The van der Waals surface area contributed by atoms with E-state index in [2.05, 4.69) is 5.10 Å². The Morgan fingerprint density at radius 2 is 1.69 bits per heavy atom. The summed E-state index contributed by atoms with van der Waals surface area (Å²) in [6, 6.07) is 22.0. The van der Waals surface area contributed by atoms with Crippen molar-refractivity contribution in [3.05, 3.63) is 107 Å². The molecule has 4 rings (SSSR count). The van der Waals surface area contributed by atoms with Crippen LogP contribution in [0.5, 0.6) is 5.75 Å². The molecule has 10 heteroatoms. The van der Waals surface area contributed by atoms with Crippen LogP contribution in [0.4, 0.5) is 0 Å². The van der Waals surface area contributed by atoms with Crippen molar-refractivity contribution in [2.45, 2.75) is 18.0 Å². The Morgan fingerprint density at radius 1 is 0.971 bits per heavy atom. The number of benzene rings is 3. The Morgan fingerprint density at radius 3 is 2.34 bits per heavy atom. The van der Waals surface area contributed by atoms with Crippen molar-refractivity contribution < 1.29 is 23.1 Å². The maximum atomic E-state index is 13.6. The Labute approximate surface area is 208 Å². The number of carboxylic acid groups (broad SMARTS) is 1. The normalized spacial score (nSPS) is 11.5. The van der Waals surface area contributed by atoms with Crippen LogP contribution < -0.4 is 4.74 Å². The van der Waals surface area contributed by atoms with Gasteiger partial charge in [-0.05, 0) is 65.7 Å². The van der Waals surface area contributed by atoms with E-state index in [9.17, 15) is 13.2 Å². The van der Waals surface area contributed by atoms with Gasteiger partial charge in [0.05, 0.1) is 10.6 Å². The summed E-state index contributed by atoms with van der Waals surface area (Å²) in [7, 11) is -3.88. The first-order chi connectivity index (χ1) is 16.8. The number of carboxylic acids is 1. The van der Waals surface area contributed by atoms with Crippen LogP contribution in [0, 0.1) is 0 Å². The van der Waals surface area contributed by atoms with Gasteiger partial charge in [-0.3, -0.25) is 0 Å². The minimum absolute atomic E-state index is 0.0517. The highest BCUT2D eigenvalue weighted by atomic mass is 35.5. The summed E-state index contributed by atoms with van der Waals surface area (Å²) in [6.07, 6.45) is 3.51. The van der Waals surface area contributed by atoms with Gasteiger partial charge < -0.3 is 9.84 Å². The first kappa shape index (κ1) is 24.5. The van der Waals surface area contributed by atoms with Gasteiger partial charge in [-0.15, -0.1) is 0 Å².